The van der Waals surface area contributed by atoms with E-state index in [-0.39, 0.29) is 18.9 Å². The molecule has 0 aromatic rings. The first-order valence-corrected chi connectivity index (χ1v) is 5.02. The van der Waals surface area contributed by atoms with Gasteiger partial charge in [-0.25, -0.2) is 0 Å². The molecule has 1 saturated carbocycles. The van der Waals surface area contributed by atoms with Crippen molar-refractivity contribution in [1.29, 1.82) is 5.26 Å². The van der Waals surface area contributed by atoms with E-state index in [0.717, 1.165) is 12.8 Å². The van der Waals surface area contributed by atoms with Gasteiger partial charge in [0.05, 0.1) is 12.5 Å². The minimum Gasteiger partial charge on any atom is -0.481 e. The van der Waals surface area contributed by atoms with Crippen LogP contribution in [0.15, 0.2) is 0 Å². The molecule has 0 aliphatic heterocycles. The fourth-order valence-electron chi connectivity index (χ4n) is 1.82. The maximum atomic E-state index is 11.7. The minimum absolute atomic E-state index is 0.0948. The van der Waals surface area contributed by atoms with Gasteiger partial charge >= 0.3 is 5.97 Å². The minimum atomic E-state index is -0.951. The highest BCUT2D eigenvalue weighted by atomic mass is 16.4. The average Bonchev–Trinajstić information content (AvgIpc) is 2.66. The summed E-state index contributed by atoms with van der Waals surface area (Å²) in [5, 5.41) is 19.9. The zero-order chi connectivity index (χ0) is 11.3. The van der Waals surface area contributed by atoms with Crippen molar-refractivity contribution in [3.8, 4) is 6.07 Å². The van der Waals surface area contributed by atoms with E-state index in [2.05, 4.69) is 11.4 Å². The lowest BCUT2D eigenvalue weighted by Crippen LogP contribution is -2.39. The Kier molecular flexibility index (Phi) is 3.67. The fourth-order valence-corrected chi connectivity index (χ4v) is 1.82. The van der Waals surface area contributed by atoms with Crippen molar-refractivity contribution in [3.63, 3.8) is 0 Å². The molecule has 1 fully saturated rings. The summed E-state index contributed by atoms with van der Waals surface area (Å²) in [4.78, 5) is 21.9. The molecule has 5 nitrogen and oxygen atoms in total. The lowest BCUT2D eigenvalue weighted by molar-refractivity contribution is -0.137. The molecule has 0 atom stereocenters. The van der Waals surface area contributed by atoms with Crippen molar-refractivity contribution in [2.24, 2.45) is 5.41 Å². The second kappa shape index (κ2) is 4.78. The Morgan fingerprint density at radius 2 is 2.00 bits per heavy atom. The summed E-state index contributed by atoms with van der Waals surface area (Å²) in [6.45, 7) is 0.0948. The van der Waals surface area contributed by atoms with Crippen molar-refractivity contribution in [2.75, 3.05) is 6.54 Å². The first-order chi connectivity index (χ1) is 7.10. The van der Waals surface area contributed by atoms with Crippen LogP contribution in [0.5, 0.6) is 0 Å². The zero-order valence-electron chi connectivity index (χ0n) is 8.45. The molecule has 0 spiro atoms. The van der Waals surface area contributed by atoms with Crippen LogP contribution in [0.4, 0.5) is 0 Å². The number of hydrogen-bond acceptors (Lipinski definition) is 3. The van der Waals surface area contributed by atoms with E-state index >= 15 is 0 Å². The molecule has 0 radical (unpaired) electrons. The van der Waals surface area contributed by atoms with Crippen LogP contribution < -0.4 is 5.32 Å². The first kappa shape index (κ1) is 11.5. The largest absolute Gasteiger partial charge is 0.481 e. The molecule has 0 saturated heterocycles. The predicted molar refractivity (Wildman–Crippen MR) is 51.8 cm³/mol. The molecule has 5 heteroatoms. The third kappa shape index (κ3) is 2.69. The molecule has 0 unspecified atom stereocenters. The second-order valence-electron chi connectivity index (χ2n) is 3.80. The van der Waals surface area contributed by atoms with Crippen molar-refractivity contribution >= 4 is 11.9 Å². The van der Waals surface area contributed by atoms with E-state index in [1.807, 2.05) is 0 Å². The summed E-state index contributed by atoms with van der Waals surface area (Å²) >= 11 is 0. The Balaban J connectivity index is 2.45. The van der Waals surface area contributed by atoms with Crippen LogP contribution >= 0.6 is 0 Å². The van der Waals surface area contributed by atoms with Gasteiger partial charge in [-0.05, 0) is 12.8 Å². The quantitative estimate of drug-likeness (QED) is 0.713. The molecule has 2 N–H and O–H groups in total. The number of aliphatic carboxylic acids is 1. The highest BCUT2D eigenvalue weighted by Gasteiger charge is 2.41. The Morgan fingerprint density at radius 3 is 2.47 bits per heavy atom. The maximum Gasteiger partial charge on any atom is 0.305 e. The Labute approximate surface area is 88.1 Å². The summed E-state index contributed by atoms with van der Waals surface area (Å²) < 4.78 is 0. The second-order valence-corrected chi connectivity index (χ2v) is 3.80. The van der Waals surface area contributed by atoms with E-state index in [1.165, 1.54) is 0 Å². The number of nitrogens with one attached hydrogen (secondary N) is 1. The van der Waals surface area contributed by atoms with Gasteiger partial charge in [0.25, 0.3) is 0 Å². The standard InChI is InChI=1S/C10H14N2O3/c11-7-10(4-1-2-5-10)9(15)12-6-3-8(13)14/h1-6H2,(H,12,15)(H,13,14). The number of carboxylic acids is 1. The molecular formula is C10H14N2O3. The summed E-state index contributed by atoms with van der Waals surface area (Å²) in [6, 6.07) is 2.06. The van der Waals surface area contributed by atoms with Crippen LogP contribution in [0.3, 0.4) is 0 Å². The van der Waals surface area contributed by atoms with E-state index in [4.69, 9.17) is 10.4 Å². The molecule has 1 aliphatic rings. The molecule has 15 heavy (non-hydrogen) atoms. The van der Waals surface area contributed by atoms with Crippen molar-refractivity contribution in [3.05, 3.63) is 0 Å². The third-order valence-electron chi connectivity index (χ3n) is 2.73. The summed E-state index contributed by atoms with van der Waals surface area (Å²) in [6.07, 6.45) is 2.85. The molecular weight excluding hydrogens is 196 g/mol. The summed E-state index contributed by atoms with van der Waals surface area (Å²) in [5.74, 6) is -1.27. The number of carbonyl (C=O) groups excluding carboxylic acids is 1. The van der Waals surface area contributed by atoms with Crippen molar-refractivity contribution in [2.45, 2.75) is 32.1 Å². The smallest absolute Gasteiger partial charge is 0.305 e. The van der Waals surface area contributed by atoms with E-state index in [0.29, 0.717) is 12.8 Å². The van der Waals surface area contributed by atoms with Gasteiger partial charge < -0.3 is 10.4 Å². The van der Waals surface area contributed by atoms with Gasteiger partial charge in [0.2, 0.25) is 5.91 Å². The van der Waals surface area contributed by atoms with Crippen LogP contribution in [-0.2, 0) is 9.59 Å². The van der Waals surface area contributed by atoms with Gasteiger partial charge in [0.1, 0.15) is 5.41 Å². The predicted octanol–water partition coefficient (Wildman–Crippen LogP) is 0.661. The monoisotopic (exact) mass is 210 g/mol. The van der Waals surface area contributed by atoms with Gasteiger partial charge in [-0.15, -0.1) is 0 Å². The van der Waals surface area contributed by atoms with E-state index < -0.39 is 11.4 Å². The topological polar surface area (TPSA) is 90.2 Å². The van der Waals surface area contributed by atoms with E-state index in [9.17, 15) is 9.59 Å². The Hall–Kier alpha value is -1.57. The lowest BCUT2D eigenvalue weighted by Gasteiger charge is -2.18. The van der Waals surface area contributed by atoms with Crippen LogP contribution in [-0.4, -0.2) is 23.5 Å². The number of nitrogens with zero attached hydrogens (tertiary/aromatic N) is 1. The number of rotatable bonds is 4. The van der Waals surface area contributed by atoms with Gasteiger partial charge in [0.15, 0.2) is 0 Å². The van der Waals surface area contributed by atoms with Crippen LogP contribution in [0.2, 0.25) is 0 Å². The normalized spacial score (nSPS) is 18.1. The highest BCUT2D eigenvalue weighted by molar-refractivity contribution is 5.86. The molecule has 0 bridgehead atoms. The summed E-state index contributed by atoms with van der Waals surface area (Å²) in [7, 11) is 0. The van der Waals surface area contributed by atoms with Crippen LogP contribution in [0, 0.1) is 16.7 Å². The SMILES string of the molecule is N#CC1(C(=O)NCCC(=O)O)CCCC1. The number of amides is 1. The molecule has 1 aliphatic carbocycles. The van der Waals surface area contributed by atoms with Crippen LogP contribution in [0.1, 0.15) is 32.1 Å². The number of nitriles is 1. The first-order valence-electron chi connectivity index (χ1n) is 5.02. The molecule has 1 rings (SSSR count). The van der Waals surface area contributed by atoms with Crippen molar-refractivity contribution < 1.29 is 14.7 Å². The molecule has 0 heterocycles. The van der Waals surface area contributed by atoms with Crippen molar-refractivity contribution in [1.82, 2.24) is 5.32 Å². The zero-order valence-corrected chi connectivity index (χ0v) is 8.45. The average molecular weight is 210 g/mol. The Morgan fingerprint density at radius 1 is 1.40 bits per heavy atom. The molecule has 0 aromatic heterocycles. The van der Waals surface area contributed by atoms with E-state index in [1.54, 1.807) is 0 Å². The third-order valence-corrected chi connectivity index (χ3v) is 2.73. The van der Waals surface area contributed by atoms with Gasteiger partial charge in [-0.3, -0.25) is 9.59 Å². The fraction of sp³-hybridized carbons (Fsp3) is 0.700. The van der Waals surface area contributed by atoms with Crippen LogP contribution in [0.25, 0.3) is 0 Å². The molecule has 82 valence electrons. The number of carboxylic acid groups (broad SMARTS) is 1. The van der Waals surface area contributed by atoms with Gasteiger partial charge in [-0.1, -0.05) is 12.8 Å². The number of hydrogen-bond donors (Lipinski definition) is 2. The number of carbonyl (C=O) groups is 2. The lowest BCUT2D eigenvalue weighted by atomic mass is 9.87. The maximum absolute atomic E-state index is 11.7. The van der Waals surface area contributed by atoms with Gasteiger partial charge in [-0.2, -0.15) is 5.26 Å². The molecule has 1 amide bonds. The van der Waals surface area contributed by atoms with Gasteiger partial charge in [0, 0.05) is 6.54 Å². The molecule has 0 aromatic carbocycles. The Bertz CT molecular complexity index is 300. The highest BCUT2D eigenvalue weighted by Crippen LogP contribution is 2.37. The summed E-state index contributed by atoms with van der Waals surface area (Å²) in [5.41, 5.74) is -0.904.